The molecule has 13 rings (SSSR count). The molecule has 9 heteroatoms. The number of nitrogens with zero attached hydrogens (tertiary/aromatic N) is 5. The van der Waals surface area contributed by atoms with Gasteiger partial charge in [0.2, 0.25) is 5.88 Å². The van der Waals surface area contributed by atoms with Crippen LogP contribution < -0.4 is 35.8 Å². The van der Waals surface area contributed by atoms with Crippen molar-refractivity contribution in [3.05, 3.63) is 151 Å². The van der Waals surface area contributed by atoms with Gasteiger partial charge in [0.1, 0.15) is 22.7 Å². The molecule has 0 N–H and O–H groups in total. The molecule has 4 aromatic heterocycles. The first-order valence-corrected chi connectivity index (χ1v) is 20.3. The van der Waals surface area contributed by atoms with E-state index in [1.165, 1.54) is 10.5 Å². The summed E-state index contributed by atoms with van der Waals surface area (Å²) in [7, 11) is 0. The lowest BCUT2D eigenvalue weighted by molar-refractivity contribution is 0.364. The van der Waals surface area contributed by atoms with Crippen LogP contribution in [-0.2, 0) is 5.41 Å². The molecule has 0 spiro atoms. The molecule has 0 saturated carbocycles. The second-order valence-electron chi connectivity index (χ2n) is 17.1. The van der Waals surface area contributed by atoms with Gasteiger partial charge in [-0.05, 0) is 77.1 Å². The van der Waals surface area contributed by atoms with Crippen LogP contribution in [-0.4, -0.2) is 29.9 Å². The summed E-state index contributed by atoms with van der Waals surface area (Å²) < 4.78 is 48.2. The number of fused-ring (bicyclic) bond motifs is 12. The van der Waals surface area contributed by atoms with Gasteiger partial charge in [-0.2, -0.15) is 0 Å². The molecule has 3 aliphatic rings. The van der Waals surface area contributed by atoms with E-state index in [-0.39, 0.29) is 18.8 Å². The van der Waals surface area contributed by atoms with Crippen molar-refractivity contribution >= 4 is 101 Å². The zero-order valence-electron chi connectivity index (χ0n) is 36.1. The average Bonchev–Trinajstić information content (AvgIpc) is 4.05. The average molecular weight is 783 g/mol. The highest BCUT2D eigenvalue weighted by atomic mass is 16.6. The van der Waals surface area contributed by atoms with E-state index in [9.17, 15) is 0 Å². The summed E-state index contributed by atoms with van der Waals surface area (Å²) in [6.45, 7) is 4.12. The third kappa shape index (κ3) is 4.54. The predicted octanol–water partition coefficient (Wildman–Crippen LogP) is 10.9. The predicted molar refractivity (Wildman–Crippen MR) is 245 cm³/mol. The van der Waals surface area contributed by atoms with E-state index in [4.69, 9.17) is 22.7 Å². The summed E-state index contributed by atoms with van der Waals surface area (Å²) in [5.41, 5.74) is 11.5. The van der Waals surface area contributed by atoms with Gasteiger partial charge in [0.05, 0.1) is 40.5 Å². The fourth-order valence-corrected chi connectivity index (χ4v) is 9.89. The van der Waals surface area contributed by atoms with Gasteiger partial charge in [-0.3, -0.25) is 9.47 Å². The molecule has 0 saturated heterocycles. The van der Waals surface area contributed by atoms with Crippen LogP contribution in [0.2, 0.25) is 0 Å². The normalized spacial score (nSPS) is 15.2. The van der Waals surface area contributed by atoms with Crippen LogP contribution in [0.25, 0.3) is 49.6 Å². The first-order chi connectivity index (χ1) is 30.5. The van der Waals surface area contributed by atoms with Crippen molar-refractivity contribution in [3.8, 4) is 17.5 Å². The zero-order valence-corrected chi connectivity index (χ0v) is 33.1. The Morgan fingerprint density at radius 1 is 0.633 bits per heavy atom. The Bertz CT molecular complexity index is 3570. The largest absolute Gasteiger partial charge is 0.440 e. The van der Waals surface area contributed by atoms with Gasteiger partial charge < -0.3 is 23.4 Å². The molecule has 7 heterocycles. The van der Waals surface area contributed by atoms with Crippen LogP contribution in [0.3, 0.4) is 0 Å². The molecule has 0 radical (unpaired) electrons. The van der Waals surface area contributed by atoms with Crippen molar-refractivity contribution in [1.29, 1.82) is 0 Å². The van der Waals surface area contributed by atoms with E-state index in [1.54, 1.807) is 0 Å². The Hall–Kier alpha value is -7.39. The molecular formula is C51H38BN5O3. The minimum absolute atomic E-state index is 0.0770. The van der Waals surface area contributed by atoms with Gasteiger partial charge in [-0.25, -0.2) is 4.98 Å². The molecule has 0 amide bonds. The van der Waals surface area contributed by atoms with E-state index < -0.39 is 6.98 Å². The summed E-state index contributed by atoms with van der Waals surface area (Å²) in [6.07, 6.45) is 1.90. The number of ether oxygens (including phenoxy) is 1. The van der Waals surface area contributed by atoms with E-state index in [1.807, 2.05) is 71.8 Å². The molecule has 60 heavy (non-hydrogen) atoms. The number of benzene rings is 6. The maximum Gasteiger partial charge on any atom is 0.285 e. The number of furan rings is 2. The molecule has 0 fully saturated rings. The quantitative estimate of drug-likeness (QED) is 0.165. The van der Waals surface area contributed by atoms with E-state index in [2.05, 4.69) is 109 Å². The molecule has 6 aromatic carbocycles. The number of hydrogen-bond acceptors (Lipinski definition) is 7. The summed E-state index contributed by atoms with van der Waals surface area (Å²) in [6, 6.07) is 47.5. The van der Waals surface area contributed by atoms with Crippen LogP contribution >= 0.6 is 0 Å². The Kier molecular flexibility index (Phi) is 6.06. The first kappa shape index (κ1) is 30.7. The number of anilines is 6. The van der Waals surface area contributed by atoms with Crippen molar-refractivity contribution in [2.45, 2.75) is 26.2 Å². The van der Waals surface area contributed by atoms with Crippen molar-refractivity contribution in [3.63, 3.8) is 0 Å². The maximum absolute atomic E-state index is 8.49. The third-order valence-electron chi connectivity index (χ3n) is 12.6. The molecular weight excluding hydrogens is 741 g/mol. The third-order valence-corrected chi connectivity index (χ3v) is 12.6. The van der Waals surface area contributed by atoms with Gasteiger partial charge in [0, 0.05) is 61.5 Å². The topological polar surface area (TPSA) is 63.0 Å². The number of pyridine rings is 1. The van der Waals surface area contributed by atoms with Gasteiger partial charge in [-0.15, -0.1) is 0 Å². The smallest absolute Gasteiger partial charge is 0.285 e. The van der Waals surface area contributed by atoms with Crippen LogP contribution in [0, 0.1) is 0 Å². The molecule has 8 nitrogen and oxygen atoms in total. The van der Waals surface area contributed by atoms with Gasteiger partial charge >= 0.3 is 0 Å². The van der Waals surface area contributed by atoms with Crippen LogP contribution in [0.4, 0.5) is 34.3 Å². The second-order valence-corrected chi connectivity index (χ2v) is 17.1. The molecule has 10 aromatic rings. The molecule has 3 aliphatic heterocycles. The second kappa shape index (κ2) is 11.9. The van der Waals surface area contributed by atoms with E-state index >= 15 is 0 Å². The van der Waals surface area contributed by atoms with Crippen molar-refractivity contribution in [1.82, 2.24) is 9.55 Å². The molecule has 288 valence electrons. The number of rotatable bonds is 3. The maximum atomic E-state index is 8.49. The first-order valence-electron chi connectivity index (χ1n) is 21.8. The number of para-hydroxylation sites is 5. The summed E-state index contributed by atoms with van der Waals surface area (Å²) >= 11 is 0. The fourth-order valence-electron chi connectivity index (χ4n) is 9.89. The highest BCUT2D eigenvalue weighted by molar-refractivity contribution is 7.01. The number of hydrogen-bond donors (Lipinski definition) is 0. The SMILES string of the molecule is [2H]C([2H])([2H])N1CN(c2cc3c4c(c2)N(c2ccc5c6ccccc6n(-c6cc(C(C)(C)C)ccn6)c5c2)c2oc5ccccc5c2B4c2c(oc4ccccc24)O3)c2ccccc21. The van der Waals surface area contributed by atoms with E-state index in [0.717, 1.165) is 88.7 Å². The standard InChI is InChI=1S/C51H38BN5O3/c1-51(2,3)30-23-24-53-45(25-30)57-37-16-8-5-13-33(37)34-22-21-31(26-40(34)57)56-41-27-32(55-29-54(4)38-17-9-10-18-39(38)55)28-44-48(41)52(46-35-14-6-11-19-42(35)58-49(46)56)47-36-15-7-12-20-43(36)59-50(47)60-44/h5-28H,29H2,1-4H3/i4D3. The van der Waals surface area contributed by atoms with Crippen molar-refractivity contribution < 1.29 is 17.7 Å². The Morgan fingerprint density at radius 3 is 2.17 bits per heavy atom. The highest BCUT2D eigenvalue weighted by Crippen LogP contribution is 2.49. The minimum Gasteiger partial charge on any atom is -0.440 e. The Morgan fingerprint density at radius 2 is 1.35 bits per heavy atom. The van der Waals surface area contributed by atoms with Crippen LogP contribution in [0.15, 0.2) is 155 Å². The fraction of sp³-hybridized carbons (Fsp3) is 0.118. The highest BCUT2D eigenvalue weighted by Gasteiger charge is 2.48. The van der Waals surface area contributed by atoms with Gasteiger partial charge in [-0.1, -0.05) is 93.6 Å². The Labute approximate surface area is 350 Å². The van der Waals surface area contributed by atoms with Crippen LogP contribution in [0.1, 0.15) is 30.4 Å². The monoisotopic (exact) mass is 782 g/mol. The zero-order chi connectivity index (χ0) is 42.5. The molecule has 0 aliphatic carbocycles. The lowest BCUT2D eigenvalue weighted by Crippen LogP contribution is -2.59. The lowest BCUT2D eigenvalue weighted by Gasteiger charge is -2.37. The van der Waals surface area contributed by atoms with Crippen LogP contribution in [0.5, 0.6) is 11.7 Å². The minimum atomic E-state index is -2.36. The summed E-state index contributed by atoms with van der Waals surface area (Å²) in [4.78, 5) is 10.7. The summed E-state index contributed by atoms with van der Waals surface area (Å²) in [5, 5.41) is 4.20. The van der Waals surface area contributed by atoms with E-state index in [0.29, 0.717) is 23.3 Å². The molecule has 0 atom stereocenters. The van der Waals surface area contributed by atoms with Crippen molar-refractivity contribution in [2.24, 2.45) is 0 Å². The Balaban J connectivity index is 1.11. The summed E-state index contributed by atoms with van der Waals surface area (Å²) in [5.74, 6) is 2.59. The molecule has 0 bridgehead atoms. The van der Waals surface area contributed by atoms with Gasteiger partial charge in [0.15, 0.2) is 0 Å². The number of aromatic nitrogens is 2. The van der Waals surface area contributed by atoms with Gasteiger partial charge in [0.25, 0.3) is 12.7 Å². The lowest BCUT2D eigenvalue weighted by atomic mass is 9.34. The van der Waals surface area contributed by atoms with Crippen molar-refractivity contribution in [2.75, 3.05) is 28.3 Å². The molecule has 0 unspecified atom stereocenters.